The Morgan fingerprint density at radius 1 is 1.12 bits per heavy atom. The minimum atomic E-state index is 0.285. The highest BCUT2D eigenvalue weighted by molar-refractivity contribution is 5.87. The Kier molecular flexibility index (Phi) is 3.74. The molecule has 0 spiro atoms. The monoisotopic (exact) mass is 320 g/mol. The largest absolute Gasteiger partial charge is 0.384 e. The second-order valence-corrected chi connectivity index (χ2v) is 6.21. The van der Waals surface area contributed by atoms with Gasteiger partial charge in [0.2, 0.25) is 0 Å². The standard InChI is InChI=1S/C18H20N6/c1-24-10-9-14(16(24)12-5-3-2-4-6-12)22-17-13-7-8-15(19)23-18(13)21-11-20-17/h2-8,11,14,16H,9-10H2,1H3,(H3,19,20,21,22,23)/t14-,16-/m0/s1. The summed E-state index contributed by atoms with van der Waals surface area (Å²) in [7, 11) is 2.17. The van der Waals surface area contributed by atoms with Crippen molar-refractivity contribution in [1.82, 2.24) is 19.9 Å². The first-order chi connectivity index (χ1) is 11.7. The van der Waals surface area contributed by atoms with E-state index in [-0.39, 0.29) is 6.04 Å². The van der Waals surface area contributed by atoms with Crippen molar-refractivity contribution in [2.45, 2.75) is 18.5 Å². The zero-order valence-corrected chi connectivity index (χ0v) is 13.6. The van der Waals surface area contributed by atoms with Crippen molar-refractivity contribution in [2.75, 3.05) is 24.6 Å². The SMILES string of the molecule is CN1CC[C@H](Nc2ncnc3nc(N)ccc23)[C@@H]1c1ccccc1. The van der Waals surface area contributed by atoms with E-state index in [0.717, 1.165) is 24.2 Å². The average Bonchev–Trinajstić information content (AvgIpc) is 2.96. The molecule has 24 heavy (non-hydrogen) atoms. The fraction of sp³-hybridized carbons (Fsp3) is 0.278. The number of likely N-dealkylation sites (tertiary alicyclic amines) is 1. The third kappa shape index (κ3) is 2.65. The van der Waals surface area contributed by atoms with Crippen molar-refractivity contribution in [2.24, 2.45) is 0 Å². The van der Waals surface area contributed by atoms with E-state index in [0.29, 0.717) is 17.5 Å². The van der Waals surface area contributed by atoms with E-state index in [1.165, 1.54) is 11.9 Å². The minimum Gasteiger partial charge on any atom is -0.384 e. The number of nitrogen functional groups attached to an aromatic ring is 1. The van der Waals surface area contributed by atoms with E-state index in [1.54, 1.807) is 6.07 Å². The fourth-order valence-electron chi connectivity index (χ4n) is 3.48. The molecule has 3 aromatic rings. The first-order valence-electron chi connectivity index (χ1n) is 8.11. The molecule has 6 nitrogen and oxygen atoms in total. The molecule has 1 saturated heterocycles. The Bertz CT molecular complexity index is 851. The average molecular weight is 320 g/mol. The lowest BCUT2D eigenvalue weighted by Gasteiger charge is -2.26. The van der Waals surface area contributed by atoms with Gasteiger partial charge < -0.3 is 11.1 Å². The summed E-state index contributed by atoms with van der Waals surface area (Å²) in [6, 6.07) is 14.9. The molecule has 1 aliphatic rings. The zero-order valence-electron chi connectivity index (χ0n) is 13.6. The van der Waals surface area contributed by atoms with Gasteiger partial charge in [0.15, 0.2) is 5.65 Å². The highest BCUT2D eigenvalue weighted by Gasteiger charge is 2.33. The highest BCUT2D eigenvalue weighted by atomic mass is 15.2. The van der Waals surface area contributed by atoms with Crippen molar-refractivity contribution in [3.05, 3.63) is 54.4 Å². The molecule has 0 saturated carbocycles. The number of rotatable bonds is 3. The highest BCUT2D eigenvalue weighted by Crippen LogP contribution is 2.33. The van der Waals surface area contributed by atoms with Crippen LogP contribution in [0.5, 0.6) is 0 Å². The third-order valence-corrected chi connectivity index (χ3v) is 4.63. The van der Waals surface area contributed by atoms with Crippen molar-refractivity contribution in [3.8, 4) is 0 Å². The minimum absolute atomic E-state index is 0.285. The van der Waals surface area contributed by atoms with E-state index < -0.39 is 0 Å². The van der Waals surface area contributed by atoms with Crippen molar-refractivity contribution < 1.29 is 0 Å². The van der Waals surface area contributed by atoms with Gasteiger partial charge in [0, 0.05) is 12.6 Å². The van der Waals surface area contributed by atoms with Gasteiger partial charge in [-0.05, 0) is 31.2 Å². The van der Waals surface area contributed by atoms with Gasteiger partial charge in [-0.25, -0.2) is 15.0 Å². The van der Waals surface area contributed by atoms with Crippen LogP contribution < -0.4 is 11.1 Å². The summed E-state index contributed by atoms with van der Waals surface area (Å²) in [6.07, 6.45) is 2.59. The van der Waals surface area contributed by atoms with Gasteiger partial charge in [0.1, 0.15) is 18.0 Å². The maximum Gasteiger partial charge on any atom is 0.166 e. The number of pyridine rings is 1. The maximum atomic E-state index is 5.76. The van der Waals surface area contributed by atoms with Gasteiger partial charge in [-0.15, -0.1) is 0 Å². The third-order valence-electron chi connectivity index (χ3n) is 4.63. The quantitative estimate of drug-likeness (QED) is 0.772. The van der Waals surface area contributed by atoms with Gasteiger partial charge in [-0.2, -0.15) is 0 Å². The number of nitrogens with zero attached hydrogens (tertiary/aromatic N) is 4. The molecule has 0 radical (unpaired) electrons. The van der Waals surface area contributed by atoms with Crippen LogP contribution in [-0.4, -0.2) is 39.5 Å². The number of fused-ring (bicyclic) bond motifs is 1. The molecule has 3 N–H and O–H groups in total. The molecular weight excluding hydrogens is 300 g/mol. The van der Waals surface area contributed by atoms with Crippen LogP contribution >= 0.6 is 0 Å². The second kappa shape index (κ2) is 6.05. The summed E-state index contributed by atoms with van der Waals surface area (Å²) in [5, 5.41) is 4.51. The Morgan fingerprint density at radius 3 is 2.79 bits per heavy atom. The number of likely N-dealkylation sites (N-methyl/N-ethyl adjacent to an activating group) is 1. The number of nitrogens with two attached hydrogens (primary N) is 1. The lowest BCUT2D eigenvalue weighted by molar-refractivity contribution is 0.309. The Labute approximate surface area is 140 Å². The maximum absolute atomic E-state index is 5.76. The number of aromatic nitrogens is 3. The zero-order chi connectivity index (χ0) is 16.5. The lowest BCUT2D eigenvalue weighted by atomic mass is 10.00. The predicted molar refractivity (Wildman–Crippen MR) is 95.6 cm³/mol. The van der Waals surface area contributed by atoms with Crippen molar-refractivity contribution >= 4 is 22.7 Å². The summed E-state index contributed by atoms with van der Waals surface area (Å²) >= 11 is 0. The molecule has 0 amide bonds. The molecule has 0 aliphatic carbocycles. The van der Waals surface area contributed by atoms with Gasteiger partial charge in [0.05, 0.1) is 11.4 Å². The van der Waals surface area contributed by atoms with Crippen LogP contribution in [0, 0.1) is 0 Å². The molecule has 1 aromatic carbocycles. The van der Waals surface area contributed by atoms with E-state index in [2.05, 4.69) is 62.5 Å². The van der Waals surface area contributed by atoms with Crippen LogP contribution in [0.1, 0.15) is 18.0 Å². The van der Waals surface area contributed by atoms with Crippen LogP contribution in [0.2, 0.25) is 0 Å². The number of hydrogen-bond donors (Lipinski definition) is 2. The first kappa shape index (κ1) is 14.8. The topological polar surface area (TPSA) is 80.0 Å². The van der Waals surface area contributed by atoms with E-state index >= 15 is 0 Å². The molecule has 4 rings (SSSR count). The summed E-state index contributed by atoms with van der Waals surface area (Å²) in [4.78, 5) is 15.3. The summed E-state index contributed by atoms with van der Waals surface area (Å²) in [5.74, 6) is 1.28. The molecule has 6 heteroatoms. The molecular formula is C18H20N6. The Morgan fingerprint density at radius 2 is 1.96 bits per heavy atom. The smallest absolute Gasteiger partial charge is 0.166 e. The predicted octanol–water partition coefficient (Wildman–Crippen LogP) is 2.46. The number of nitrogens with one attached hydrogen (secondary N) is 1. The van der Waals surface area contributed by atoms with E-state index in [9.17, 15) is 0 Å². The van der Waals surface area contributed by atoms with Gasteiger partial charge in [0.25, 0.3) is 0 Å². The summed E-state index contributed by atoms with van der Waals surface area (Å²) in [6.45, 7) is 1.05. The number of anilines is 2. The van der Waals surface area contributed by atoms with Gasteiger partial charge in [-0.3, -0.25) is 4.90 Å². The van der Waals surface area contributed by atoms with Crippen LogP contribution in [0.4, 0.5) is 11.6 Å². The van der Waals surface area contributed by atoms with Crippen molar-refractivity contribution in [3.63, 3.8) is 0 Å². The normalized spacial score (nSPS) is 21.2. The molecule has 122 valence electrons. The second-order valence-electron chi connectivity index (χ2n) is 6.21. The molecule has 1 fully saturated rings. The summed E-state index contributed by atoms with van der Waals surface area (Å²) < 4.78 is 0. The van der Waals surface area contributed by atoms with Gasteiger partial charge >= 0.3 is 0 Å². The molecule has 2 aromatic heterocycles. The number of hydrogen-bond acceptors (Lipinski definition) is 6. The molecule has 3 heterocycles. The van der Waals surface area contributed by atoms with Gasteiger partial charge in [-0.1, -0.05) is 30.3 Å². The number of benzene rings is 1. The van der Waals surface area contributed by atoms with E-state index in [1.807, 2.05) is 6.07 Å². The van der Waals surface area contributed by atoms with E-state index in [4.69, 9.17) is 5.73 Å². The first-order valence-corrected chi connectivity index (χ1v) is 8.11. The van der Waals surface area contributed by atoms with Crippen LogP contribution in [-0.2, 0) is 0 Å². The van der Waals surface area contributed by atoms with Crippen LogP contribution in [0.25, 0.3) is 11.0 Å². The molecule has 1 aliphatic heterocycles. The Balaban J connectivity index is 1.67. The lowest BCUT2D eigenvalue weighted by Crippen LogP contribution is -2.29. The van der Waals surface area contributed by atoms with Crippen molar-refractivity contribution in [1.29, 1.82) is 0 Å². The fourth-order valence-corrected chi connectivity index (χ4v) is 3.48. The summed E-state index contributed by atoms with van der Waals surface area (Å²) in [5.41, 5.74) is 7.69. The van der Waals surface area contributed by atoms with Crippen LogP contribution in [0.15, 0.2) is 48.8 Å². The Hall–Kier alpha value is -2.73. The van der Waals surface area contributed by atoms with Crippen LogP contribution in [0.3, 0.4) is 0 Å². The molecule has 2 atom stereocenters. The molecule has 0 bridgehead atoms. The molecule has 0 unspecified atom stereocenters.